The van der Waals surface area contributed by atoms with Crippen molar-refractivity contribution in [2.45, 2.75) is 26.8 Å². The molecule has 0 aromatic heterocycles. The summed E-state index contributed by atoms with van der Waals surface area (Å²) >= 11 is 0. The largest absolute Gasteiger partial charge is 0.298 e. The van der Waals surface area contributed by atoms with Gasteiger partial charge in [0.25, 0.3) is 0 Å². The summed E-state index contributed by atoms with van der Waals surface area (Å²) in [5.41, 5.74) is 1.77. The molecular weight excluding hydrogens is 222 g/mol. The lowest BCUT2D eigenvalue weighted by Gasteiger charge is -2.23. The van der Waals surface area contributed by atoms with Gasteiger partial charge < -0.3 is 0 Å². The lowest BCUT2D eigenvalue weighted by Crippen LogP contribution is -2.28. The molecule has 0 atom stereocenters. The lowest BCUT2D eigenvalue weighted by atomic mass is 10.1. The van der Waals surface area contributed by atoms with E-state index in [2.05, 4.69) is 30.9 Å². The number of hydrogen-bond donors (Lipinski definition) is 0. The van der Waals surface area contributed by atoms with E-state index in [0.717, 1.165) is 30.8 Å². The van der Waals surface area contributed by atoms with Crippen molar-refractivity contribution in [3.63, 3.8) is 0 Å². The number of nitrogens with zero attached hydrogens (tertiary/aromatic N) is 3. The minimum Gasteiger partial charge on any atom is -0.298 e. The molecule has 3 nitrogen and oxygen atoms in total. The van der Waals surface area contributed by atoms with E-state index in [0.29, 0.717) is 12.3 Å². The molecule has 0 saturated carbocycles. The molecular formula is C15H19N3. The number of nitriles is 2. The second kappa shape index (κ2) is 7.48. The summed E-state index contributed by atoms with van der Waals surface area (Å²) in [6.07, 6.45) is 0.529. The molecule has 1 rings (SSSR count). The van der Waals surface area contributed by atoms with Gasteiger partial charge in [0.15, 0.2) is 0 Å². The Bertz CT molecular complexity index is 452. The van der Waals surface area contributed by atoms with E-state index in [1.165, 1.54) is 0 Å². The van der Waals surface area contributed by atoms with Crippen LogP contribution in [0.15, 0.2) is 24.3 Å². The van der Waals surface area contributed by atoms with Crippen molar-refractivity contribution < 1.29 is 0 Å². The molecule has 3 heteroatoms. The van der Waals surface area contributed by atoms with Crippen LogP contribution in [0.1, 0.15) is 31.4 Å². The Labute approximate surface area is 109 Å². The SMILES string of the molecule is CC(C)CN(CCC#N)Cc1ccccc1C#N. The Morgan fingerprint density at radius 1 is 1.22 bits per heavy atom. The van der Waals surface area contributed by atoms with E-state index in [1.807, 2.05) is 24.3 Å². The third-order valence-electron chi connectivity index (χ3n) is 2.69. The zero-order chi connectivity index (χ0) is 13.4. The van der Waals surface area contributed by atoms with Gasteiger partial charge in [0.1, 0.15) is 0 Å². The highest BCUT2D eigenvalue weighted by molar-refractivity contribution is 5.37. The second-order valence-corrected chi connectivity index (χ2v) is 4.81. The van der Waals surface area contributed by atoms with Crippen molar-refractivity contribution in [1.82, 2.24) is 4.90 Å². The van der Waals surface area contributed by atoms with Crippen molar-refractivity contribution in [2.24, 2.45) is 5.92 Å². The summed E-state index contributed by atoms with van der Waals surface area (Å²) in [7, 11) is 0. The molecule has 18 heavy (non-hydrogen) atoms. The summed E-state index contributed by atoms with van der Waals surface area (Å²) in [5, 5.41) is 17.8. The minimum absolute atomic E-state index is 0.529. The van der Waals surface area contributed by atoms with Crippen LogP contribution in [0, 0.1) is 28.6 Å². The average molecular weight is 241 g/mol. The van der Waals surface area contributed by atoms with Crippen LogP contribution in [-0.4, -0.2) is 18.0 Å². The number of hydrogen-bond acceptors (Lipinski definition) is 3. The second-order valence-electron chi connectivity index (χ2n) is 4.81. The fraction of sp³-hybridized carbons (Fsp3) is 0.467. The Kier molecular flexibility index (Phi) is 5.91. The molecule has 1 aromatic rings. The molecule has 0 aliphatic heterocycles. The van der Waals surface area contributed by atoms with Crippen LogP contribution in [0.4, 0.5) is 0 Å². The summed E-state index contributed by atoms with van der Waals surface area (Å²) in [5.74, 6) is 0.554. The van der Waals surface area contributed by atoms with Gasteiger partial charge in [-0.15, -0.1) is 0 Å². The first-order valence-corrected chi connectivity index (χ1v) is 6.24. The molecule has 0 amide bonds. The van der Waals surface area contributed by atoms with E-state index >= 15 is 0 Å². The monoisotopic (exact) mass is 241 g/mol. The third kappa shape index (κ3) is 4.57. The Hall–Kier alpha value is -1.84. The van der Waals surface area contributed by atoms with Gasteiger partial charge in [0.2, 0.25) is 0 Å². The van der Waals surface area contributed by atoms with Gasteiger partial charge in [0.05, 0.1) is 17.7 Å². The van der Waals surface area contributed by atoms with Crippen molar-refractivity contribution in [3.05, 3.63) is 35.4 Å². The summed E-state index contributed by atoms with van der Waals surface area (Å²) in [4.78, 5) is 2.24. The molecule has 0 heterocycles. The molecule has 0 saturated heterocycles. The molecule has 0 unspecified atom stereocenters. The quantitative estimate of drug-likeness (QED) is 0.769. The maximum absolute atomic E-state index is 9.07. The molecule has 0 radical (unpaired) electrons. The van der Waals surface area contributed by atoms with Crippen LogP contribution in [0.3, 0.4) is 0 Å². The first kappa shape index (κ1) is 14.2. The third-order valence-corrected chi connectivity index (χ3v) is 2.69. The minimum atomic E-state index is 0.529. The number of rotatable bonds is 6. The average Bonchev–Trinajstić information content (AvgIpc) is 2.36. The predicted molar refractivity (Wildman–Crippen MR) is 71.5 cm³/mol. The van der Waals surface area contributed by atoms with E-state index in [9.17, 15) is 0 Å². The fourth-order valence-corrected chi connectivity index (χ4v) is 1.97. The van der Waals surface area contributed by atoms with Crippen LogP contribution in [0.5, 0.6) is 0 Å². The van der Waals surface area contributed by atoms with Gasteiger partial charge in [-0.3, -0.25) is 4.90 Å². The van der Waals surface area contributed by atoms with Crippen molar-refractivity contribution in [2.75, 3.05) is 13.1 Å². The van der Waals surface area contributed by atoms with Crippen LogP contribution < -0.4 is 0 Å². The molecule has 0 spiro atoms. The zero-order valence-electron chi connectivity index (χ0n) is 11.1. The van der Waals surface area contributed by atoms with Crippen LogP contribution in [0.2, 0.25) is 0 Å². The van der Waals surface area contributed by atoms with Gasteiger partial charge in [-0.1, -0.05) is 32.0 Å². The molecule has 94 valence electrons. The first-order chi connectivity index (χ1) is 8.67. The summed E-state index contributed by atoms with van der Waals surface area (Å²) < 4.78 is 0. The van der Waals surface area contributed by atoms with Crippen molar-refractivity contribution >= 4 is 0 Å². The van der Waals surface area contributed by atoms with Gasteiger partial charge in [-0.2, -0.15) is 10.5 Å². The van der Waals surface area contributed by atoms with E-state index in [1.54, 1.807) is 0 Å². The van der Waals surface area contributed by atoms with Crippen LogP contribution in [0.25, 0.3) is 0 Å². The Balaban J connectivity index is 2.76. The standard InChI is InChI=1S/C15H19N3/c1-13(2)11-18(9-5-8-16)12-15-7-4-3-6-14(15)10-17/h3-4,6-7,13H,5,9,11-12H2,1-2H3. The van der Waals surface area contributed by atoms with Crippen molar-refractivity contribution in [1.29, 1.82) is 10.5 Å². The molecule has 0 fully saturated rings. The zero-order valence-corrected chi connectivity index (χ0v) is 11.1. The van der Waals surface area contributed by atoms with Crippen molar-refractivity contribution in [3.8, 4) is 12.1 Å². The molecule has 0 N–H and O–H groups in total. The summed E-state index contributed by atoms with van der Waals surface area (Å²) in [6.45, 7) is 6.77. The molecule has 0 bridgehead atoms. The maximum atomic E-state index is 9.07. The first-order valence-electron chi connectivity index (χ1n) is 6.24. The van der Waals surface area contributed by atoms with E-state index < -0.39 is 0 Å². The lowest BCUT2D eigenvalue weighted by molar-refractivity contribution is 0.241. The maximum Gasteiger partial charge on any atom is 0.0995 e. The molecule has 0 aliphatic rings. The fourth-order valence-electron chi connectivity index (χ4n) is 1.97. The van der Waals surface area contributed by atoms with Crippen LogP contribution in [-0.2, 0) is 6.54 Å². The van der Waals surface area contributed by atoms with Gasteiger partial charge >= 0.3 is 0 Å². The molecule has 0 aliphatic carbocycles. The van der Waals surface area contributed by atoms with Crippen LogP contribution >= 0.6 is 0 Å². The predicted octanol–water partition coefficient (Wildman–Crippen LogP) is 2.93. The van der Waals surface area contributed by atoms with Gasteiger partial charge in [0, 0.05) is 26.1 Å². The highest BCUT2D eigenvalue weighted by Gasteiger charge is 2.10. The molecule has 1 aromatic carbocycles. The highest BCUT2D eigenvalue weighted by Crippen LogP contribution is 2.12. The van der Waals surface area contributed by atoms with E-state index in [-0.39, 0.29) is 0 Å². The van der Waals surface area contributed by atoms with Gasteiger partial charge in [-0.25, -0.2) is 0 Å². The van der Waals surface area contributed by atoms with Gasteiger partial charge in [-0.05, 0) is 17.5 Å². The van der Waals surface area contributed by atoms with E-state index in [4.69, 9.17) is 10.5 Å². The summed E-state index contributed by atoms with van der Waals surface area (Å²) in [6, 6.07) is 12.1. The Morgan fingerprint density at radius 2 is 1.94 bits per heavy atom. The Morgan fingerprint density at radius 3 is 2.56 bits per heavy atom. The normalized spacial score (nSPS) is 10.3. The highest BCUT2D eigenvalue weighted by atomic mass is 15.1. The number of benzene rings is 1. The topological polar surface area (TPSA) is 50.8 Å². The smallest absolute Gasteiger partial charge is 0.0995 e.